The highest BCUT2D eigenvalue weighted by atomic mass is 16.6. The first kappa shape index (κ1) is 17.0. The summed E-state index contributed by atoms with van der Waals surface area (Å²) in [5.74, 6) is 0. The zero-order valence-electron chi connectivity index (χ0n) is 15.0. The van der Waals surface area contributed by atoms with Gasteiger partial charge in [0.25, 0.3) is 0 Å². The molecule has 26 heavy (non-hydrogen) atoms. The van der Waals surface area contributed by atoms with E-state index in [0.717, 1.165) is 26.1 Å². The van der Waals surface area contributed by atoms with Crippen LogP contribution in [0, 0.1) is 0 Å². The minimum atomic E-state index is 0.336. The van der Waals surface area contributed by atoms with Crippen LogP contribution in [0.25, 0.3) is 0 Å². The van der Waals surface area contributed by atoms with Crippen LogP contribution in [-0.2, 0) is 24.2 Å². The standard InChI is InChI=1S/C24H25NO/c1-4-10-20(11-5-1)16-23(24-19-26-24)25(17-21-12-6-2-7-13-21)18-22-14-8-3-9-15-22/h1-15,23-24H,16-19H2/t23-,24?/m0/s1. The van der Waals surface area contributed by atoms with E-state index in [4.69, 9.17) is 4.74 Å². The average molecular weight is 343 g/mol. The molecule has 0 aliphatic carbocycles. The Kier molecular flexibility index (Phi) is 5.44. The van der Waals surface area contributed by atoms with Gasteiger partial charge >= 0.3 is 0 Å². The van der Waals surface area contributed by atoms with Gasteiger partial charge in [-0.3, -0.25) is 4.90 Å². The van der Waals surface area contributed by atoms with Crippen molar-refractivity contribution in [2.75, 3.05) is 6.61 Å². The summed E-state index contributed by atoms with van der Waals surface area (Å²) in [7, 11) is 0. The molecule has 1 saturated heterocycles. The Bertz CT molecular complexity index is 743. The van der Waals surface area contributed by atoms with E-state index in [9.17, 15) is 0 Å². The molecule has 2 atom stereocenters. The third-order valence-corrected chi connectivity index (χ3v) is 5.00. The van der Waals surface area contributed by atoms with E-state index in [1.165, 1.54) is 16.7 Å². The first-order chi connectivity index (χ1) is 12.9. The van der Waals surface area contributed by atoms with Crippen LogP contribution in [0.15, 0.2) is 91.0 Å². The van der Waals surface area contributed by atoms with Gasteiger partial charge in [0.05, 0.1) is 12.7 Å². The van der Waals surface area contributed by atoms with Crippen LogP contribution < -0.4 is 0 Å². The SMILES string of the molecule is c1ccc(C[C@@H](C2CO2)N(Cc2ccccc2)Cc2ccccc2)cc1. The molecule has 1 fully saturated rings. The van der Waals surface area contributed by atoms with E-state index >= 15 is 0 Å². The van der Waals surface area contributed by atoms with Crippen molar-refractivity contribution in [3.05, 3.63) is 108 Å². The quantitative estimate of drug-likeness (QED) is 0.551. The smallest absolute Gasteiger partial charge is 0.0968 e. The molecular formula is C24H25NO. The molecule has 4 rings (SSSR count). The van der Waals surface area contributed by atoms with Crippen molar-refractivity contribution >= 4 is 0 Å². The summed E-state index contributed by atoms with van der Waals surface area (Å²) in [6.45, 7) is 2.75. The van der Waals surface area contributed by atoms with Gasteiger partial charge in [-0.15, -0.1) is 0 Å². The molecule has 3 aromatic carbocycles. The van der Waals surface area contributed by atoms with Crippen molar-refractivity contribution in [1.29, 1.82) is 0 Å². The molecular weight excluding hydrogens is 318 g/mol. The van der Waals surface area contributed by atoms with Crippen LogP contribution in [0.2, 0.25) is 0 Å². The minimum absolute atomic E-state index is 0.336. The second-order valence-corrected chi connectivity index (χ2v) is 7.01. The van der Waals surface area contributed by atoms with Crippen LogP contribution in [0.3, 0.4) is 0 Å². The van der Waals surface area contributed by atoms with Gasteiger partial charge in [-0.25, -0.2) is 0 Å². The summed E-state index contributed by atoms with van der Waals surface area (Å²) >= 11 is 0. The van der Waals surface area contributed by atoms with E-state index < -0.39 is 0 Å². The summed E-state index contributed by atoms with van der Waals surface area (Å²) in [4.78, 5) is 2.58. The molecule has 0 spiro atoms. The van der Waals surface area contributed by atoms with Gasteiger partial charge in [-0.05, 0) is 23.1 Å². The third kappa shape index (κ3) is 4.60. The molecule has 0 saturated carbocycles. The molecule has 2 heteroatoms. The van der Waals surface area contributed by atoms with E-state index in [2.05, 4.69) is 95.9 Å². The second-order valence-electron chi connectivity index (χ2n) is 7.01. The molecule has 3 aromatic rings. The Balaban J connectivity index is 1.58. The lowest BCUT2D eigenvalue weighted by molar-refractivity contribution is 0.144. The molecule has 1 heterocycles. The lowest BCUT2D eigenvalue weighted by Gasteiger charge is -2.31. The predicted octanol–water partition coefficient (Wildman–Crippen LogP) is 4.70. The monoisotopic (exact) mass is 343 g/mol. The maximum Gasteiger partial charge on any atom is 0.0968 e. The molecule has 1 unspecified atom stereocenters. The van der Waals surface area contributed by atoms with Gasteiger partial charge in [0.15, 0.2) is 0 Å². The van der Waals surface area contributed by atoms with E-state index in [1.54, 1.807) is 0 Å². The van der Waals surface area contributed by atoms with Crippen LogP contribution >= 0.6 is 0 Å². The molecule has 0 amide bonds. The van der Waals surface area contributed by atoms with Gasteiger partial charge in [-0.1, -0.05) is 91.0 Å². The summed E-state index contributed by atoms with van der Waals surface area (Å²) in [6.07, 6.45) is 1.35. The highest BCUT2D eigenvalue weighted by Crippen LogP contribution is 2.26. The maximum atomic E-state index is 5.76. The van der Waals surface area contributed by atoms with Gasteiger partial charge in [0.2, 0.25) is 0 Å². The topological polar surface area (TPSA) is 15.8 Å². The van der Waals surface area contributed by atoms with Gasteiger partial charge in [0, 0.05) is 19.1 Å². The molecule has 0 N–H and O–H groups in total. The largest absolute Gasteiger partial charge is 0.371 e. The number of epoxide rings is 1. The average Bonchev–Trinajstić information content (AvgIpc) is 3.53. The Labute approximate surface area is 156 Å². The number of ether oxygens (including phenoxy) is 1. The summed E-state index contributed by atoms with van der Waals surface area (Å²) < 4.78 is 5.76. The Morgan fingerprint density at radius 2 is 1.12 bits per heavy atom. The number of hydrogen-bond donors (Lipinski definition) is 0. The third-order valence-electron chi connectivity index (χ3n) is 5.00. The van der Waals surface area contributed by atoms with Crippen molar-refractivity contribution in [3.8, 4) is 0 Å². The normalized spacial score (nSPS) is 17.2. The fourth-order valence-corrected chi connectivity index (χ4v) is 3.56. The number of benzene rings is 3. The van der Waals surface area contributed by atoms with Crippen LogP contribution in [-0.4, -0.2) is 23.7 Å². The molecule has 0 aromatic heterocycles. The van der Waals surface area contributed by atoms with Crippen LogP contribution in [0.1, 0.15) is 16.7 Å². The number of hydrogen-bond acceptors (Lipinski definition) is 2. The zero-order valence-corrected chi connectivity index (χ0v) is 15.0. The molecule has 132 valence electrons. The van der Waals surface area contributed by atoms with Gasteiger partial charge < -0.3 is 4.74 Å². The lowest BCUT2D eigenvalue weighted by Crippen LogP contribution is -2.40. The Hall–Kier alpha value is -2.42. The minimum Gasteiger partial charge on any atom is -0.371 e. The summed E-state index contributed by atoms with van der Waals surface area (Å²) in [6, 6.07) is 32.7. The summed E-state index contributed by atoms with van der Waals surface area (Å²) in [5.41, 5.74) is 4.07. The van der Waals surface area contributed by atoms with E-state index in [0.29, 0.717) is 12.1 Å². The second kappa shape index (κ2) is 8.31. The molecule has 0 bridgehead atoms. The lowest BCUT2D eigenvalue weighted by atomic mass is 10.0. The Morgan fingerprint density at radius 3 is 1.54 bits per heavy atom. The van der Waals surface area contributed by atoms with Gasteiger partial charge in [0.1, 0.15) is 0 Å². The van der Waals surface area contributed by atoms with Crippen molar-refractivity contribution in [1.82, 2.24) is 4.90 Å². The van der Waals surface area contributed by atoms with Crippen molar-refractivity contribution in [2.45, 2.75) is 31.7 Å². The highest BCUT2D eigenvalue weighted by molar-refractivity contribution is 5.20. The van der Waals surface area contributed by atoms with Crippen LogP contribution in [0.4, 0.5) is 0 Å². The van der Waals surface area contributed by atoms with Crippen molar-refractivity contribution < 1.29 is 4.74 Å². The maximum absolute atomic E-state index is 5.76. The first-order valence-corrected chi connectivity index (χ1v) is 9.36. The highest BCUT2D eigenvalue weighted by Gasteiger charge is 2.36. The predicted molar refractivity (Wildman–Crippen MR) is 106 cm³/mol. The fourth-order valence-electron chi connectivity index (χ4n) is 3.56. The van der Waals surface area contributed by atoms with Crippen molar-refractivity contribution in [3.63, 3.8) is 0 Å². The van der Waals surface area contributed by atoms with Crippen LogP contribution in [0.5, 0.6) is 0 Å². The number of rotatable bonds is 8. The molecule has 0 radical (unpaired) electrons. The zero-order chi connectivity index (χ0) is 17.6. The van der Waals surface area contributed by atoms with E-state index in [1.807, 2.05) is 0 Å². The molecule has 1 aliphatic rings. The fraction of sp³-hybridized carbons (Fsp3) is 0.250. The Morgan fingerprint density at radius 1 is 0.692 bits per heavy atom. The van der Waals surface area contributed by atoms with E-state index in [-0.39, 0.29) is 0 Å². The molecule has 1 aliphatic heterocycles. The van der Waals surface area contributed by atoms with Crippen molar-refractivity contribution in [2.24, 2.45) is 0 Å². The summed E-state index contributed by atoms with van der Waals surface area (Å²) in [5, 5.41) is 0. The number of nitrogens with zero attached hydrogens (tertiary/aromatic N) is 1. The van der Waals surface area contributed by atoms with Gasteiger partial charge in [-0.2, -0.15) is 0 Å². The molecule has 2 nitrogen and oxygen atoms in total. The first-order valence-electron chi connectivity index (χ1n) is 9.36.